The minimum atomic E-state index is -4.66. The Labute approximate surface area is 182 Å². The van der Waals surface area contributed by atoms with Gasteiger partial charge in [0.25, 0.3) is 0 Å². The zero-order chi connectivity index (χ0) is 20.7. The van der Waals surface area contributed by atoms with E-state index in [2.05, 4.69) is 20.4 Å². The van der Waals surface area contributed by atoms with Crippen molar-refractivity contribution in [3.8, 4) is 0 Å². The van der Waals surface area contributed by atoms with Crippen LogP contribution in [-0.4, -0.2) is 26.1 Å². The zero-order valence-electron chi connectivity index (χ0n) is 15.6. The number of esters is 1. The Kier molecular flexibility index (Phi) is 9.34. The number of nitrogens with one attached hydrogen (secondary N) is 2. The first-order valence-corrected chi connectivity index (χ1v) is 8.22. The molecule has 29 heavy (non-hydrogen) atoms. The fourth-order valence-corrected chi connectivity index (χ4v) is 2.43. The summed E-state index contributed by atoms with van der Waals surface area (Å²) in [5.41, 5.74) is 0.103. The highest BCUT2D eigenvalue weighted by atomic mass is 127. The third kappa shape index (κ3) is 7.18. The van der Waals surface area contributed by atoms with Crippen LogP contribution in [0.2, 0.25) is 0 Å². The van der Waals surface area contributed by atoms with Gasteiger partial charge in [-0.15, -0.1) is 24.0 Å². The number of aliphatic imine (C=N–C) groups is 1. The van der Waals surface area contributed by atoms with Crippen LogP contribution < -0.4 is 10.6 Å². The largest absolute Gasteiger partial charge is 0.465 e. The fraction of sp³-hybridized carbons (Fsp3) is 0.263. The summed E-state index contributed by atoms with van der Waals surface area (Å²) in [7, 11) is 2.77. The second-order valence-corrected chi connectivity index (χ2v) is 5.77. The first kappa shape index (κ1) is 24.7. The van der Waals surface area contributed by atoms with E-state index in [4.69, 9.17) is 0 Å². The van der Waals surface area contributed by atoms with Gasteiger partial charge in [0.15, 0.2) is 5.96 Å². The van der Waals surface area contributed by atoms with E-state index < -0.39 is 23.5 Å². The molecule has 10 heteroatoms. The fourth-order valence-electron chi connectivity index (χ4n) is 2.43. The van der Waals surface area contributed by atoms with Crippen LogP contribution in [0.1, 0.15) is 27.0 Å². The number of benzene rings is 2. The molecule has 0 saturated heterocycles. The van der Waals surface area contributed by atoms with Crippen LogP contribution in [0.4, 0.5) is 17.6 Å². The van der Waals surface area contributed by atoms with Gasteiger partial charge in [0.2, 0.25) is 0 Å². The van der Waals surface area contributed by atoms with Gasteiger partial charge in [-0.2, -0.15) is 13.2 Å². The van der Waals surface area contributed by atoms with Crippen LogP contribution in [-0.2, 0) is 24.0 Å². The standard InChI is InChI=1S/C19H19F4N3O2.HI/c1-24-18(25-10-12-3-5-13(6-4-12)17(27)28-2)26-11-14-7-8-15(20)9-16(14)19(21,22)23;/h3-9H,10-11H2,1-2H3,(H2,24,25,26);1H. The third-order valence-corrected chi connectivity index (χ3v) is 3.88. The van der Waals surface area contributed by atoms with Gasteiger partial charge in [-0.3, -0.25) is 4.99 Å². The Morgan fingerprint density at radius 2 is 1.69 bits per heavy atom. The van der Waals surface area contributed by atoms with Crippen molar-refractivity contribution in [3.05, 3.63) is 70.5 Å². The molecule has 0 spiro atoms. The summed E-state index contributed by atoms with van der Waals surface area (Å²) in [6.07, 6.45) is -4.66. The first-order valence-electron chi connectivity index (χ1n) is 8.22. The highest BCUT2D eigenvalue weighted by molar-refractivity contribution is 14.0. The van der Waals surface area contributed by atoms with Gasteiger partial charge >= 0.3 is 12.1 Å². The predicted molar refractivity (Wildman–Crippen MR) is 112 cm³/mol. The van der Waals surface area contributed by atoms with Gasteiger partial charge in [-0.1, -0.05) is 18.2 Å². The quantitative estimate of drug-likeness (QED) is 0.203. The molecule has 0 radical (unpaired) electrons. The van der Waals surface area contributed by atoms with Crippen molar-refractivity contribution in [1.29, 1.82) is 0 Å². The molecule has 2 aromatic rings. The Morgan fingerprint density at radius 1 is 1.07 bits per heavy atom. The van der Waals surface area contributed by atoms with E-state index in [1.54, 1.807) is 24.3 Å². The molecule has 0 atom stereocenters. The molecule has 0 unspecified atom stereocenters. The number of alkyl halides is 3. The average molecular weight is 525 g/mol. The molecule has 0 bridgehead atoms. The van der Waals surface area contributed by atoms with Crippen LogP contribution in [0, 0.1) is 5.82 Å². The van der Waals surface area contributed by atoms with E-state index in [0.29, 0.717) is 18.2 Å². The Balaban J connectivity index is 0.00000420. The lowest BCUT2D eigenvalue weighted by atomic mass is 10.1. The van der Waals surface area contributed by atoms with E-state index in [9.17, 15) is 22.4 Å². The van der Waals surface area contributed by atoms with E-state index in [1.807, 2.05) is 0 Å². The van der Waals surface area contributed by atoms with Crippen LogP contribution in [0.5, 0.6) is 0 Å². The molecule has 0 heterocycles. The normalized spacial score (nSPS) is 11.4. The summed E-state index contributed by atoms with van der Waals surface area (Å²) in [6.45, 7) is 0.146. The van der Waals surface area contributed by atoms with Crippen LogP contribution >= 0.6 is 24.0 Å². The van der Waals surface area contributed by atoms with Crippen molar-refractivity contribution in [1.82, 2.24) is 10.6 Å². The molecule has 0 amide bonds. The highest BCUT2D eigenvalue weighted by Gasteiger charge is 2.33. The number of ether oxygens (including phenoxy) is 1. The average Bonchev–Trinajstić information content (AvgIpc) is 2.68. The third-order valence-electron chi connectivity index (χ3n) is 3.88. The maximum Gasteiger partial charge on any atom is 0.416 e. The Hall–Kier alpha value is -2.37. The van der Waals surface area contributed by atoms with Crippen molar-refractivity contribution in [2.45, 2.75) is 19.3 Å². The molecule has 0 aliphatic rings. The van der Waals surface area contributed by atoms with Gasteiger partial charge in [0.1, 0.15) is 5.82 Å². The lowest BCUT2D eigenvalue weighted by Gasteiger charge is -2.16. The molecule has 2 rings (SSSR count). The van der Waals surface area contributed by atoms with Crippen molar-refractivity contribution in [2.24, 2.45) is 4.99 Å². The van der Waals surface area contributed by atoms with Gasteiger partial charge in [-0.05, 0) is 35.4 Å². The topological polar surface area (TPSA) is 62.7 Å². The maximum absolute atomic E-state index is 13.2. The number of hydrogen-bond donors (Lipinski definition) is 2. The number of carbonyl (C=O) groups is 1. The number of rotatable bonds is 5. The van der Waals surface area contributed by atoms with Crippen molar-refractivity contribution < 1.29 is 27.1 Å². The number of guanidine groups is 1. The summed E-state index contributed by atoms with van der Waals surface area (Å²) in [5.74, 6) is -1.12. The van der Waals surface area contributed by atoms with Crippen molar-refractivity contribution in [3.63, 3.8) is 0 Å². The van der Waals surface area contributed by atoms with Crippen LogP contribution in [0.3, 0.4) is 0 Å². The minimum absolute atomic E-state index is 0. The van der Waals surface area contributed by atoms with Crippen molar-refractivity contribution in [2.75, 3.05) is 14.2 Å². The highest BCUT2D eigenvalue weighted by Crippen LogP contribution is 2.32. The summed E-state index contributed by atoms with van der Waals surface area (Å²) in [4.78, 5) is 15.4. The van der Waals surface area contributed by atoms with Gasteiger partial charge in [-0.25, -0.2) is 9.18 Å². The molecule has 2 N–H and O–H groups in total. The molecule has 0 saturated carbocycles. The van der Waals surface area contributed by atoms with Gasteiger partial charge in [0, 0.05) is 20.1 Å². The van der Waals surface area contributed by atoms with E-state index >= 15 is 0 Å². The zero-order valence-corrected chi connectivity index (χ0v) is 18.0. The summed E-state index contributed by atoms with van der Waals surface area (Å²) in [5, 5.41) is 5.72. The van der Waals surface area contributed by atoms with Gasteiger partial charge in [0.05, 0.1) is 18.2 Å². The number of nitrogens with zero attached hydrogens (tertiary/aromatic N) is 1. The molecule has 2 aromatic carbocycles. The molecule has 0 fully saturated rings. The molecular weight excluding hydrogens is 505 g/mol. The molecule has 0 aromatic heterocycles. The monoisotopic (exact) mass is 525 g/mol. The van der Waals surface area contributed by atoms with E-state index in [1.165, 1.54) is 14.2 Å². The van der Waals surface area contributed by atoms with Crippen LogP contribution in [0.15, 0.2) is 47.5 Å². The lowest BCUT2D eigenvalue weighted by molar-refractivity contribution is -0.138. The molecule has 0 aliphatic heterocycles. The Bertz CT molecular complexity index is 856. The summed E-state index contributed by atoms with van der Waals surface area (Å²) >= 11 is 0. The van der Waals surface area contributed by atoms with Crippen molar-refractivity contribution >= 4 is 35.9 Å². The molecule has 158 valence electrons. The van der Waals surface area contributed by atoms with Crippen LogP contribution in [0.25, 0.3) is 0 Å². The smallest absolute Gasteiger partial charge is 0.416 e. The second-order valence-electron chi connectivity index (χ2n) is 5.77. The minimum Gasteiger partial charge on any atom is -0.465 e. The molecule has 5 nitrogen and oxygen atoms in total. The van der Waals surface area contributed by atoms with E-state index in [-0.39, 0.29) is 42.0 Å². The number of halogens is 5. The number of carbonyl (C=O) groups excluding carboxylic acids is 1. The SMILES string of the molecule is CN=C(NCc1ccc(C(=O)OC)cc1)NCc1ccc(F)cc1C(F)(F)F.I. The first-order chi connectivity index (χ1) is 13.2. The molecule has 0 aliphatic carbocycles. The summed E-state index contributed by atoms with van der Waals surface area (Å²) < 4.78 is 56.9. The second kappa shape index (κ2) is 11.0. The Morgan fingerprint density at radius 3 is 2.24 bits per heavy atom. The lowest BCUT2D eigenvalue weighted by Crippen LogP contribution is -2.36. The number of hydrogen-bond acceptors (Lipinski definition) is 3. The summed E-state index contributed by atoms with van der Waals surface area (Å²) in [6, 6.07) is 9.17. The molecular formula is C19H20F4IN3O2. The van der Waals surface area contributed by atoms with Gasteiger partial charge < -0.3 is 15.4 Å². The predicted octanol–water partition coefficient (Wildman–Crippen LogP) is 4.11. The maximum atomic E-state index is 13.2. The van der Waals surface area contributed by atoms with E-state index in [0.717, 1.165) is 17.7 Å². The number of methoxy groups -OCH3 is 1.